The first-order valence-corrected chi connectivity index (χ1v) is 6.05. The van der Waals surface area contributed by atoms with E-state index in [-0.39, 0.29) is 5.91 Å². The molecule has 0 atom stereocenters. The second-order valence-electron chi connectivity index (χ2n) is 4.07. The van der Waals surface area contributed by atoms with Crippen LogP contribution in [0.1, 0.15) is 21.7 Å². The van der Waals surface area contributed by atoms with Crippen molar-refractivity contribution in [3.8, 4) is 0 Å². The van der Waals surface area contributed by atoms with Crippen molar-refractivity contribution >= 4 is 23.2 Å². The van der Waals surface area contributed by atoms with Gasteiger partial charge in [-0.25, -0.2) is 0 Å². The number of hydrogen-bond donors (Lipinski definition) is 2. The number of nitrogen functional groups attached to an aromatic ring is 1. The van der Waals surface area contributed by atoms with Crippen molar-refractivity contribution in [2.45, 2.75) is 13.5 Å². The van der Waals surface area contributed by atoms with Gasteiger partial charge in [0.25, 0.3) is 5.91 Å². The minimum atomic E-state index is -0.231. The zero-order chi connectivity index (χ0) is 13.8. The number of aryl methyl sites for hydroxylation is 1. The summed E-state index contributed by atoms with van der Waals surface area (Å²) in [5, 5.41) is 3.17. The first-order chi connectivity index (χ1) is 9.06. The molecule has 1 heterocycles. The van der Waals surface area contributed by atoms with Gasteiger partial charge in [-0.05, 0) is 25.1 Å². The molecule has 5 nitrogen and oxygen atoms in total. The number of amides is 1. The van der Waals surface area contributed by atoms with E-state index in [9.17, 15) is 4.79 Å². The molecule has 98 valence electrons. The Bertz CT molecular complexity index is 598. The van der Waals surface area contributed by atoms with E-state index in [1.165, 1.54) is 0 Å². The molecule has 0 aliphatic heterocycles. The molecule has 3 N–H and O–H groups in total. The summed E-state index contributed by atoms with van der Waals surface area (Å²) in [6, 6.07) is 4.75. The monoisotopic (exact) mass is 276 g/mol. The number of nitrogens with zero attached hydrogens (tertiary/aromatic N) is 2. The first-order valence-electron chi connectivity index (χ1n) is 5.67. The van der Waals surface area contributed by atoms with Gasteiger partial charge in [0.1, 0.15) is 0 Å². The van der Waals surface area contributed by atoms with Crippen molar-refractivity contribution in [1.29, 1.82) is 0 Å². The lowest BCUT2D eigenvalue weighted by Gasteiger charge is -2.06. The zero-order valence-electron chi connectivity index (χ0n) is 10.4. The molecular weight excluding hydrogens is 264 g/mol. The Kier molecular flexibility index (Phi) is 3.97. The average molecular weight is 277 g/mol. The minimum absolute atomic E-state index is 0.231. The van der Waals surface area contributed by atoms with Crippen molar-refractivity contribution < 1.29 is 4.79 Å². The number of halogens is 1. The van der Waals surface area contributed by atoms with Crippen LogP contribution in [0.25, 0.3) is 0 Å². The standard InChI is InChI=1S/C13H13ClN4O/c1-8-5-17-10(6-16-8)7-18-13(19)9-2-3-11(14)12(15)4-9/h2-6H,7,15H2,1H3,(H,18,19). The molecule has 19 heavy (non-hydrogen) atoms. The Balaban J connectivity index is 2.01. The number of nitrogens with one attached hydrogen (secondary N) is 1. The summed E-state index contributed by atoms with van der Waals surface area (Å²) in [5.41, 5.74) is 8.02. The van der Waals surface area contributed by atoms with E-state index >= 15 is 0 Å². The van der Waals surface area contributed by atoms with Crippen LogP contribution in [-0.2, 0) is 6.54 Å². The number of carbonyl (C=O) groups excluding carboxylic acids is 1. The second-order valence-corrected chi connectivity index (χ2v) is 4.48. The van der Waals surface area contributed by atoms with Gasteiger partial charge in [-0.1, -0.05) is 11.6 Å². The molecule has 0 fully saturated rings. The Morgan fingerprint density at radius 2 is 2.16 bits per heavy atom. The van der Waals surface area contributed by atoms with Crippen LogP contribution in [0, 0.1) is 6.92 Å². The molecule has 1 aromatic carbocycles. The summed E-state index contributed by atoms with van der Waals surface area (Å²) in [6.07, 6.45) is 3.29. The number of hydrogen-bond acceptors (Lipinski definition) is 4. The van der Waals surface area contributed by atoms with Gasteiger partial charge in [-0.15, -0.1) is 0 Å². The van der Waals surface area contributed by atoms with E-state index in [4.69, 9.17) is 17.3 Å². The molecule has 0 spiro atoms. The van der Waals surface area contributed by atoms with Crippen LogP contribution in [0.4, 0.5) is 5.69 Å². The third-order valence-corrected chi connectivity index (χ3v) is 2.87. The lowest BCUT2D eigenvalue weighted by Crippen LogP contribution is -2.23. The summed E-state index contributed by atoms with van der Waals surface area (Å²) in [5.74, 6) is -0.231. The van der Waals surface area contributed by atoms with Gasteiger partial charge in [0, 0.05) is 11.8 Å². The third kappa shape index (κ3) is 3.42. The van der Waals surface area contributed by atoms with E-state index in [1.807, 2.05) is 6.92 Å². The lowest BCUT2D eigenvalue weighted by molar-refractivity contribution is 0.0950. The van der Waals surface area contributed by atoms with E-state index in [1.54, 1.807) is 30.6 Å². The van der Waals surface area contributed by atoms with Crippen LogP contribution in [0.15, 0.2) is 30.6 Å². The topological polar surface area (TPSA) is 80.9 Å². The molecule has 0 aliphatic carbocycles. The molecule has 6 heteroatoms. The molecule has 1 aromatic heterocycles. The highest BCUT2D eigenvalue weighted by atomic mass is 35.5. The maximum Gasteiger partial charge on any atom is 0.251 e. The van der Waals surface area contributed by atoms with Crippen molar-refractivity contribution in [3.05, 3.63) is 52.6 Å². The molecule has 0 aliphatic rings. The molecule has 2 aromatic rings. The summed E-state index contributed by atoms with van der Waals surface area (Å²) in [6.45, 7) is 2.17. The molecule has 2 rings (SSSR count). The fourth-order valence-corrected chi connectivity index (χ4v) is 1.59. The summed E-state index contributed by atoms with van der Waals surface area (Å²) < 4.78 is 0. The van der Waals surface area contributed by atoms with Crippen molar-refractivity contribution in [2.24, 2.45) is 0 Å². The predicted octanol–water partition coefficient (Wildman–Crippen LogP) is 1.95. The van der Waals surface area contributed by atoms with Crippen LogP contribution in [0.2, 0.25) is 5.02 Å². The van der Waals surface area contributed by atoms with Crippen LogP contribution >= 0.6 is 11.6 Å². The van der Waals surface area contributed by atoms with Crippen LogP contribution in [0.5, 0.6) is 0 Å². The van der Waals surface area contributed by atoms with E-state index in [0.29, 0.717) is 28.5 Å². The number of nitrogens with two attached hydrogens (primary N) is 1. The largest absolute Gasteiger partial charge is 0.398 e. The lowest BCUT2D eigenvalue weighted by atomic mass is 10.2. The normalized spacial score (nSPS) is 10.2. The molecule has 0 radical (unpaired) electrons. The predicted molar refractivity (Wildman–Crippen MR) is 73.8 cm³/mol. The van der Waals surface area contributed by atoms with E-state index < -0.39 is 0 Å². The average Bonchev–Trinajstić information content (AvgIpc) is 2.41. The zero-order valence-corrected chi connectivity index (χ0v) is 11.1. The third-order valence-electron chi connectivity index (χ3n) is 2.52. The van der Waals surface area contributed by atoms with Crippen molar-refractivity contribution in [1.82, 2.24) is 15.3 Å². The van der Waals surface area contributed by atoms with Gasteiger partial charge in [0.05, 0.1) is 34.8 Å². The Labute approximate surface area is 115 Å². The van der Waals surface area contributed by atoms with Crippen LogP contribution in [0.3, 0.4) is 0 Å². The van der Waals surface area contributed by atoms with Gasteiger partial charge in [-0.2, -0.15) is 0 Å². The Morgan fingerprint density at radius 1 is 1.37 bits per heavy atom. The Hall–Kier alpha value is -2.14. The van der Waals surface area contributed by atoms with Gasteiger partial charge >= 0.3 is 0 Å². The highest BCUT2D eigenvalue weighted by Crippen LogP contribution is 2.19. The summed E-state index contributed by atoms with van der Waals surface area (Å²) in [4.78, 5) is 20.1. The SMILES string of the molecule is Cc1cnc(CNC(=O)c2ccc(Cl)c(N)c2)cn1. The fraction of sp³-hybridized carbons (Fsp3) is 0.154. The molecule has 0 saturated carbocycles. The molecule has 0 bridgehead atoms. The molecule has 0 saturated heterocycles. The number of aromatic nitrogens is 2. The van der Waals surface area contributed by atoms with Gasteiger partial charge in [0.15, 0.2) is 0 Å². The maximum absolute atomic E-state index is 11.9. The number of rotatable bonds is 3. The molecular formula is C13H13ClN4O. The number of benzene rings is 1. The summed E-state index contributed by atoms with van der Waals surface area (Å²) >= 11 is 5.80. The van der Waals surface area contributed by atoms with Gasteiger partial charge < -0.3 is 11.1 Å². The van der Waals surface area contributed by atoms with Crippen molar-refractivity contribution in [3.63, 3.8) is 0 Å². The fourth-order valence-electron chi connectivity index (χ4n) is 1.47. The van der Waals surface area contributed by atoms with E-state index in [0.717, 1.165) is 5.69 Å². The van der Waals surface area contributed by atoms with Crippen molar-refractivity contribution in [2.75, 3.05) is 5.73 Å². The smallest absolute Gasteiger partial charge is 0.251 e. The maximum atomic E-state index is 11.9. The number of carbonyl (C=O) groups is 1. The quantitative estimate of drug-likeness (QED) is 0.840. The highest BCUT2D eigenvalue weighted by molar-refractivity contribution is 6.33. The van der Waals surface area contributed by atoms with Gasteiger partial charge in [0.2, 0.25) is 0 Å². The summed E-state index contributed by atoms with van der Waals surface area (Å²) in [7, 11) is 0. The van der Waals surface area contributed by atoms with Crippen LogP contribution in [-0.4, -0.2) is 15.9 Å². The van der Waals surface area contributed by atoms with E-state index in [2.05, 4.69) is 15.3 Å². The molecule has 1 amide bonds. The highest BCUT2D eigenvalue weighted by Gasteiger charge is 2.07. The second kappa shape index (κ2) is 5.67. The first kappa shape index (κ1) is 13.3. The minimum Gasteiger partial charge on any atom is -0.398 e. The van der Waals surface area contributed by atoms with Crippen LogP contribution < -0.4 is 11.1 Å². The Morgan fingerprint density at radius 3 is 2.79 bits per heavy atom. The molecule has 0 unspecified atom stereocenters. The van der Waals surface area contributed by atoms with Gasteiger partial charge in [-0.3, -0.25) is 14.8 Å². The number of anilines is 1.